The van der Waals surface area contributed by atoms with E-state index < -0.39 is 18.0 Å². The number of ether oxygens (including phenoxy) is 3. The zero-order valence-corrected chi connectivity index (χ0v) is 14.9. The molecule has 1 atom stereocenters. The first-order valence-electron chi connectivity index (χ1n) is 8.00. The van der Waals surface area contributed by atoms with Crippen LogP contribution in [-0.4, -0.2) is 32.2 Å². The Hall–Kier alpha value is -3.28. The van der Waals surface area contributed by atoms with Gasteiger partial charge in [-0.05, 0) is 43.3 Å². The second-order valence-electron chi connectivity index (χ2n) is 5.37. The van der Waals surface area contributed by atoms with Gasteiger partial charge in [0, 0.05) is 17.3 Å². The lowest BCUT2D eigenvalue weighted by Crippen LogP contribution is -2.29. The lowest BCUT2D eigenvalue weighted by Gasteiger charge is -2.12. The maximum absolute atomic E-state index is 12.1. The maximum Gasteiger partial charge on any atom is 0.331 e. The topological polar surface area (TPSA) is 73.9 Å². The predicted molar refractivity (Wildman–Crippen MR) is 99.2 cm³/mol. The molecule has 1 amide bonds. The normalized spacial score (nSPS) is 11.7. The van der Waals surface area contributed by atoms with E-state index in [1.165, 1.54) is 13.0 Å². The van der Waals surface area contributed by atoms with Crippen LogP contribution < -0.4 is 14.8 Å². The van der Waals surface area contributed by atoms with E-state index in [1.54, 1.807) is 50.6 Å². The van der Waals surface area contributed by atoms with Crippen molar-refractivity contribution >= 4 is 23.6 Å². The third-order valence-electron chi connectivity index (χ3n) is 3.56. The molecule has 0 aliphatic carbocycles. The summed E-state index contributed by atoms with van der Waals surface area (Å²) in [6, 6.07) is 14.1. The fourth-order valence-electron chi connectivity index (χ4n) is 2.15. The van der Waals surface area contributed by atoms with Crippen LogP contribution in [0.1, 0.15) is 12.5 Å². The van der Waals surface area contributed by atoms with Crippen molar-refractivity contribution < 1.29 is 23.8 Å². The molecular weight excluding hydrogens is 334 g/mol. The maximum atomic E-state index is 12.1. The predicted octanol–water partition coefficient (Wildman–Crippen LogP) is 3.29. The molecular formula is C20H21NO5. The van der Waals surface area contributed by atoms with Crippen molar-refractivity contribution in [2.45, 2.75) is 13.0 Å². The van der Waals surface area contributed by atoms with Gasteiger partial charge in [-0.2, -0.15) is 0 Å². The molecule has 2 rings (SSSR count). The van der Waals surface area contributed by atoms with Gasteiger partial charge in [0.05, 0.1) is 14.2 Å². The SMILES string of the molecule is COc1ccc(NC(=O)[C@@H](C)OC(=O)/C=C/c2ccccc2OC)cc1. The first kappa shape index (κ1) is 19.1. The van der Waals surface area contributed by atoms with Crippen LogP contribution in [0.5, 0.6) is 11.5 Å². The van der Waals surface area contributed by atoms with Crippen LogP contribution in [0.3, 0.4) is 0 Å². The van der Waals surface area contributed by atoms with Gasteiger partial charge in [-0.1, -0.05) is 18.2 Å². The Morgan fingerprint density at radius 2 is 1.69 bits per heavy atom. The lowest BCUT2D eigenvalue weighted by atomic mass is 10.2. The average Bonchev–Trinajstić information content (AvgIpc) is 2.67. The van der Waals surface area contributed by atoms with E-state index in [9.17, 15) is 9.59 Å². The summed E-state index contributed by atoms with van der Waals surface area (Å²) in [6.45, 7) is 1.51. The fraction of sp³-hybridized carbons (Fsp3) is 0.200. The molecule has 0 fully saturated rings. The number of hydrogen-bond donors (Lipinski definition) is 1. The number of amides is 1. The summed E-state index contributed by atoms with van der Waals surface area (Å²) in [7, 11) is 3.12. The number of para-hydroxylation sites is 1. The van der Waals surface area contributed by atoms with Crippen LogP contribution in [0.4, 0.5) is 5.69 Å². The number of anilines is 1. The number of methoxy groups -OCH3 is 2. The molecule has 1 N–H and O–H groups in total. The Kier molecular flexibility index (Phi) is 6.79. The third-order valence-corrected chi connectivity index (χ3v) is 3.56. The van der Waals surface area contributed by atoms with Gasteiger partial charge in [-0.25, -0.2) is 4.79 Å². The fourth-order valence-corrected chi connectivity index (χ4v) is 2.15. The standard InChI is InChI=1S/C20H21NO5/c1-14(20(23)21-16-9-11-17(24-2)12-10-16)26-19(22)13-8-15-6-4-5-7-18(15)25-3/h4-14H,1-3H3,(H,21,23)/b13-8+/t14-/m1/s1. The second kappa shape index (κ2) is 9.27. The zero-order valence-electron chi connectivity index (χ0n) is 14.9. The van der Waals surface area contributed by atoms with E-state index in [-0.39, 0.29) is 0 Å². The quantitative estimate of drug-likeness (QED) is 0.609. The molecule has 0 unspecified atom stereocenters. The molecule has 6 nitrogen and oxygen atoms in total. The molecule has 0 spiro atoms. The molecule has 0 bridgehead atoms. The molecule has 6 heteroatoms. The first-order chi connectivity index (χ1) is 12.5. The largest absolute Gasteiger partial charge is 0.497 e. The van der Waals surface area contributed by atoms with Gasteiger partial charge in [0.15, 0.2) is 6.10 Å². The minimum atomic E-state index is -0.938. The number of hydrogen-bond acceptors (Lipinski definition) is 5. The lowest BCUT2D eigenvalue weighted by molar-refractivity contribution is -0.148. The minimum Gasteiger partial charge on any atom is -0.497 e. The van der Waals surface area contributed by atoms with Crippen molar-refractivity contribution in [1.82, 2.24) is 0 Å². The van der Waals surface area contributed by atoms with Gasteiger partial charge >= 0.3 is 5.97 Å². The zero-order chi connectivity index (χ0) is 18.9. The Bertz CT molecular complexity index is 783. The highest BCUT2D eigenvalue weighted by Crippen LogP contribution is 2.19. The molecule has 0 saturated carbocycles. The summed E-state index contributed by atoms with van der Waals surface area (Å²) >= 11 is 0. The van der Waals surface area contributed by atoms with Crippen LogP contribution >= 0.6 is 0 Å². The number of benzene rings is 2. The number of esters is 1. The first-order valence-corrected chi connectivity index (χ1v) is 8.00. The Balaban J connectivity index is 1.90. The average molecular weight is 355 g/mol. The van der Waals surface area contributed by atoms with Gasteiger partial charge in [0.1, 0.15) is 11.5 Å². The van der Waals surface area contributed by atoms with Crippen LogP contribution in [0.2, 0.25) is 0 Å². The molecule has 2 aromatic carbocycles. The van der Waals surface area contributed by atoms with E-state index >= 15 is 0 Å². The monoisotopic (exact) mass is 355 g/mol. The van der Waals surface area contributed by atoms with Gasteiger partial charge in [0.2, 0.25) is 0 Å². The third kappa shape index (κ3) is 5.37. The van der Waals surface area contributed by atoms with Crippen LogP contribution in [-0.2, 0) is 14.3 Å². The molecule has 0 heterocycles. The van der Waals surface area contributed by atoms with Gasteiger partial charge < -0.3 is 19.5 Å². The highest BCUT2D eigenvalue weighted by molar-refractivity contribution is 5.96. The highest BCUT2D eigenvalue weighted by atomic mass is 16.5. The number of carbonyl (C=O) groups excluding carboxylic acids is 2. The van der Waals surface area contributed by atoms with Crippen LogP contribution in [0.15, 0.2) is 54.6 Å². The number of carbonyl (C=O) groups is 2. The number of rotatable bonds is 7. The van der Waals surface area contributed by atoms with E-state index in [0.717, 1.165) is 5.56 Å². The smallest absolute Gasteiger partial charge is 0.331 e. The van der Waals surface area contributed by atoms with Gasteiger partial charge in [-0.3, -0.25) is 4.79 Å². The van der Waals surface area contributed by atoms with Crippen molar-refractivity contribution in [2.75, 3.05) is 19.5 Å². The molecule has 0 aliphatic rings. The van der Waals surface area contributed by atoms with Crippen molar-refractivity contribution in [3.05, 3.63) is 60.2 Å². The Morgan fingerprint density at radius 1 is 1.00 bits per heavy atom. The number of nitrogens with one attached hydrogen (secondary N) is 1. The summed E-state index contributed by atoms with van der Waals surface area (Å²) in [5.74, 6) is 0.285. The summed E-state index contributed by atoms with van der Waals surface area (Å²) < 4.78 is 15.4. The molecule has 26 heavy (non-hydrogen) atoms. The highest BCUT2D eigenvalue weighted by Gasteiger charge is 2.16. The van der Waals surface area contributed by atoms with E-state index in [1.807, 2.05) is 18.2 Å². The summed E-state index contributed by atoms with van der Waals surface area (Å²) in [5.41, 5.74) is 1.32. The summed E-state index contributed by atoms with van der Waals surface area (Å²) in [6.07, 6.45) is 1.90. The van der Waals surface area contributed by atoms with Crippen molar-refractivity contribution in [3.8, 4) is 11.5 Å². The minimum absolute atomic E-state index is 0.422. The van der Waals surface area contributed by atoms with E-state index in [4.69, 9.17) is 14.2 Å². The van der Waals surface area contributed by atoms with Crippen molar-refractivity contribution in [3.63, 3.8) is 0 Å². The molecule has 0 radical (unpaired) electrons. The molecule has 0 aliphatic heterocycles. The molecule has 0 saturated heterocycles. The van der Waals surface area contributed by atoms with Gasteiger partial charge in [-0.15, -0.1) is 0 Å². The molecule has 0 aromatic heterocycles. The van der Waals surface area contributed by atoms with Crippen molar-refractivity contribution in [2.24, 2.45) is 0 Å². The second-order valence-corrected chi connectivity index (χ2v) is 5.37. The Morgan fingerprint density at radius 3 is 2.35 bits per heavy atom. The van der Waals surface area contributed by atoms with Gasteiger partial charge in [0.25, 0.3) is 5.91 Å². The summed E-state index contributed by atoms with van der Waals surface area (Å²) in [4.78, 5) is 24.0. The Labute approximate surface area is 152 Å². The summed E-state index contributed by atoms with van der Waals surface area (Å²) in [5, 5.41) is 2.67. The van der Waals surface area contributed by atoms with Crippen molar-refractivity contribution in [1.29, 1.82) is 0 Å². The van der Waals surface area contributed by atoms with Crippen LogP contribution in [0.25, 0.3) is 6.08 Å². The van der Waals surface area contributed by atoms with E-state index in [2.05, 4.69) is 5.32 Å². The van der Waals surface area contributed by atoms with Crippen LogP contribution in [0, 0.1) is 0 Å². The molecule has 136 valence electrons. The molecule has 2 aromatic rings. The van der Waals surface area contributed by atoms with E-state index in [0.29, 0.717) is 17.2 Å².